The van der Waals surface area contributed by atoms with E-state index in [1.807, 2.05) is 24.3 Å². The van der Waals surface area contributed by atoms with E-state index in [9.17, 15) is 4.79 Å². The molecule has 0 aliphatic carbocycles. The highest BCUT2D eigenvalue weighted by Gasteiger charge is 2.27. The first-order chi connectivity index (χ1) is 14.0. The number of hydrogen-bond donors (Lipinski definition) is 1. The van der Waals surface area contributed by atoms with E-state index >= 15 is 0 Å². The topological polar surface area (TPSA) is 50.7 Å². The predicted octanol–water partition coefficient (Wildman–Crippen LogP) is 6.05. The van der Waals surface area contributed by atoms with Gasteiger partial charge in [0, 0.05) is 0 Å². The molecule has 1 N–H and O–H groups in total. The van der Waals surface area contributed by atoms with Gasteiger partial charge < -0.3 is 4.74 Å². The largest absolute Gasteiger partial charge is 0.484 e. The highest BCUT2D eigenvalue weighted by Crippen LogP contribution is 2.36. The summed E-state index contributed by atoms with van der Waals surface area (Å²) in [7, 11) is 0. The molecule has 0 saturated carbocycles. The molecular formula is C26H36N2O2. The molecule has 0 aliphatic heterocycles. The number of amides is 1. The van der Waals surface area contributed by atoms with E-state index in [0.29, 0.717) is 11.7 Å². The van der Waals surface area contributed by atoms with Crippen LogP contribution < -0.4 is 10.2 Å². The average molecular weight is 409 g/mol. The summed E-state index contributed by atoms with van der Waals surface area (Å²) in [4.78, 5) is 12.0. The molecule has 0 aliphatic rings. The van der Waals surface area contributed by atoms with E-state index in [1.165, 1.54) is 11.1 Å². The Kier molecular flexibility index (Phi) is 7.83. The van der Waals surface area contributed by atoms with Crippen LogP contribution in [0, 0.1) is 5.41 Å². The van der Waals surface area contributed by atoms with Crippen LogP contribution in [0.5, 0.6) is 5.75 Å². The lowest BCUT2D eigenvalue weighted by molar-refractivity contribution is -0.123. The van der Waals surface area contributed by atoms with Crippen molar-refractivity contribution in [2.24, 2.45) is 10.5 Å². The third-order valence-corrected chi connectivity index (χ3v) is 4.98. The first-order valence-electron chi connectivity index (χ1n) is 10.6. The van der Waals surface area contributed by atoms with Gasteiger partial charge in [0.2, 0.25) is 0 Å². The molecule has 0 unspecified atom stereocenters. The normalized spacial score (nSPS) is 12.4. The molecule has 0 saturated heterocycles. The Labute approximate surface area is 181 Å². The van der Waals surface area contributed by atoms with Crippen molar-refractivity contribution in [3.63, 3.8) is 0 Å². The van der Waals surface area contributed by atoms with Crippen LogP contribution in [0.3, 0.4) is 0 Å². The summed E-state index contributed by atoms with van der Waals surface area (Å²) in [6.45, 7) is 15.5. The zero-order chi connectivity index (χ0) is 22.4. The molecule has 0 bridgehead atoms. The van der Waals surface area contributed by atoms with Crippen molar-refractivity contribution < 1.29 is 9.53 Å². The number of hydrogen-bond acceptors (Lipinski definition) is 3. The van der Waals surface area contributed by atoms with Crippen molar-refractivity contribution in [3.8, 4) is 5.75 Å². The molecule has 0 heterocycles. The SMILES string of the molecule is CC(C)c1ccc(C=NNC(=O)COc2ccc(C(C)(C)CC(C)(C)C)cc2)cc1. The number of hydrazone groups is 1. The highest BCUT2D eigenvalue weighted by atomic mass is 16.5. The maximum Gasteiger partial charge on any atom is 0.277 e. The molecule has 4 nitrogen and oxygen atoms in total. The van der Waals surface area contributed by atoms with Gasteiger partial charge in [-0.2, -0.15) is 5.10 Å². The number of carbonyl (C=O) groups excluding carboxylic acids is 1. The fraction of sp³-hybridized carbons (Fsp3) is 0.462. The van der Waals surface area contributed by atoms with Crippen LogP contribution >= 0.6 is 0 Å². The van der Waals surface area contributed by atoms with Gasteiger partial charge in [-0.15, -0.1) is 0 Å². The third-order valence-electron chi connectivity index (χ3n) is 4.98. The Bertz CT molecular complexity index is 842. The smallest absolute Gasteiger partial charge is 0.277 e. The van der Waals surface area contributed by atoms with Crippen molar-refractivity contribution in [2.75, 3.05) is 6.61 Å². The van der Waals surface area contributed by atoms with E-state index in [0.717, 1.165) is 12.0 Å². The molecule has 4 heteroatoms. The fourth-order valence-corrected chi connectivity index (χ4v) is 3.76. The van der Waals surface area contributed by atoms with Crippen molar-refractivity contribution in [3.05, 3.63) is 65.2 Å². The first-order valence-corrected chi connectivity index (χ1v) is 10.6. The van der Waals surface area contributed by atoms with E-state index in [1.54, 1.807) is 6.21 Å². The summed E-state index contributed by atoms with van der Waals surface area (Å²) in [5, 5.41) is 4.00. The minimum atomic E-state index is -0.290. The van der Waals surface area contributed by atoms with E-state index in [-0.39, 0.29) is 23.3 Å². The second-order valence-corrected chi connectivity index (χ2v) is 10.0. The molecular weight excluding hydrogens is 372 g/mol. The summed E-state index contributed by atoms with van der Waals surface area (Å²) < 4.78 is 5.60. The summed E-state index contributed by atoms with van der Waals surface area (Å²) >= 11 is 0. The minimum Gasteiger partial charge on any atom is -0.484 e. The number of carbonyl (C=O) groups is 1. The van der Waals surface area contributed by atoms with Crippen LogP contribution in [0.15, 0.2) is 53.6 Å². The highest BCUT2D eigenvalue weighted by molar-refractivity contribution is 5.82. The quantitative estimate of drug-likeness (QED) is 0.427. The lowest BCUT2D eigenvalue weighted by Gasteiger charge is -2.33. The number of rotatable bonds is 8. The van der Waals surface area contributed by atoms with Gasteiger partial charge in [0.15, 0.2) is 6.61 Å². The van der Waals surface area contributed by atoms with Gasteiger partial charge in [0.25, 0.3) is 5.91 Å². The average Bonchev–Trinajstić information content (AvgIpc) is 2.65. The van der Waals surface area contributed by atoms with Crippen LogP contribution in [0.4, 0.5) is 0 Å². The third kappa shape index (κ3) is 7.66. The second-order valence-electron chi connectivity index (χ2n) is 10.0. The monoisotopic (exact) mass is 408 g/mol. The molecule has 0 atom stereocenters. The number of benzene rings is 2. The van der Waals surface area contributed by atoms with Crippen molar-refractivity contribution in [1.29, 1.82) is 0 Å². The first kappa shape index (κ1) is 23.7. The molecule has 0 fully saturated rings. The van der Waals surface area contributed by atoms with Gasteiger partial charge in [-0.05, 0) is 52.0 Å². The van der Waals surface area contributed by atoms with E-state index < -0.39 is 0 Å². The maximum atomic E-state index is 12.0. The van der Waals surface area contributed by atoms with Gasteiger partial charge in [-0.1, -0.05) is 84.9 Å². The van der Waals surface area contributed by atoms with Gasteiger partial charge in [0.1, 0.15) is 5.75 Å². The Morgan fingerprint density at radius 1 is 1.00 bits per heavy atom. The Morgan fingerprint density at radius 2 is 1.60 bits per heavy atom. The number of ether oxygens (including phenoxy) is 1. The zero-order valence-corrected chi connectivity index (χ0v) is 19.5. The summed E-state index contributed by atoms with van der Waals surface area (Å²) in [5.74, 6) is 0.877. The zero-order valence-electron chi connectivity index (χ0n) is 19.5. The predicted molar refractivity (Wildman–Crippen MR) is 125 cm³/mol. The Balaban J connectivity index is 1.83. The summed E-state index contributed by atoms with van der Waals surface area (Å²) in [6.07, 6.45) is 2.72. The molecule has 2 aromatic rings. The van der Waals surface area contributed by atoms with Crippen LogP contribution in [0.25, 0.3) is 0 Å². The summed E-state index contributed by atoms with van der Waals surface area (Å²) in [5.41, 5.74) is 6.32. The molecule has 2 aromatic carbocycles. The standard InChI is InChI=1S/C26H36N2O2/c1-19(2)21-10-8-20(9-11-21)16-27-28-24(29)17-30-23-14-12-22(13-15-23)26(6,7)18-25(3,4)5/h8-16,19H,17-18H2,1-7H3,(H,28,29). The van der Waals surface area contributed by atoms with E-state index in [2.05, 4.69) is 83.3 Å². The van der Waals surface area contributed by atoms with Crippen LogP contribution in [-0.4, -0.2) is 18.7 Å². The van der Waals surface area contributed by atoms with Crippen LogP contribution in [0.1, 0.15) is 77.5 Å². The van der Waals surface area contributed by atoms with Gasteiger partial charge in [-0.3, -0.25) is 4.79 Å². The second kappa shape index (κ2) is 9.92. The molecule has 162 valence electrons. The molecule has 0 radical (unpaired) electrons. The molecule has 1 amide bonds. The summed E-state index contributed by atoms with van der Waals surface area (Å²) in [6, 6.07) is 16.1. The van der Waals surface area contributed by atoms with Crippen LogP contribution in [-0.2, 0) is 10.2 Å². The van der Waals surface area contributed by atoms with Crippen molar-refractivity contribution in [1.82, 2.24) is 5.43 Å². The number of nitrogens with one attached hydrogen (secondary N) is 1. The maximum absolute atomic E-state index is 12.0. The lowest BCUT2D eigenvalue weighted by atomic mass is 9.72. The molecule has 0 spiro atoms. The Morgan fingerprint density at radius 3 is 2.13 bits per heavy atom. The molecule has 0 aromatic heterocycles. The van der Waals surface area contributed by atoms with Crippen LogP contribution in [0.2, 0.25) is 0 Å². The van der Waals surface area contributed by atoms with Gasteiger partial charge in [0.05, 0.1) is 6.21 Å². The minimum absolute atomic E-state index is 0.0750. The van der Waals surface area contributed by atoms with Crippen molar-refractivity contribution in [2.45, 2.75) is 66.2 Å². The Hall–Kier alpha value is -2.62. The van der Waals surface area contributed by atoms with Gasteiger partial charge in [-0.25, -0.2) is 5.43 Å². The fourth-order valence-electron chi connectivity index (χ4n) is 3.76. The molecule has 30 heavy (non-hydrogen) atoms. The molecule has 2 rings (SSSR count). The van der Waals surface area contributed by atoms with Crippen molar-refractivity contribution >= 4 is 12.1 Å². The van der Waals surface area contributed by atoms with Gasteiger partial charge >= 0.3 is 0 Å². The number of nitrogens with zero attached hydrogens (tertiary/aromatic N) is 1. The lowest BCUT2D eigenvalue weighted by Crippen LogP contribution is -2.25. The van der Waals surface area contributed by atoms with E-state index in [4.69, 9.17) is 4.74 Å².